The van der Waals surface area contributed by atoms with Crippen LogP contribution >= 0.6 is 0 Å². The van der Waals surface area contributed by atoms with Crippen LogP contribution < -0.4 is 0 Å². The summed E-state index contributed by atoms with van der Waals surface area (Å²) in [7, 11) is 1.67. The summed E-state index contributed by atoms with van der Waals surface area (Å²) in [5, 5.41) is 0. The molecule has 2 rings (SSSR count). The fourth-order valence-electron chi connectivity index (χ4n) is 2.93. The van der Waals surface area contributed by atoms with E-state index < -0.39 is 0 Å². The summed E-state index contributed by atoms with van der Waals surface area (Å²) in [5.74, 6) is 0.811. The standard InChI is InChI=1S/C17H25NO2/c1-4-14-9-8-13(2)18(11-14)17(19)16-7-5-6-15(10-16)12-20-3/h5-7,10,13-14H,4,8-9,11-12H2,1-3H3/t13-,14+/m1/s1. The van der Waals surface area contributed by atoms with Gasteiger partial charge < -0.3 is 9.64 Å². The molecule has 0 N–H and O–H groups in total. The second-order valence-electron chi connectivity index (χ2n) is 5.79. The zero-order valence-electron chi connectivity index (χ0n) is 12.8. The quantitative estimate of drug-likeness (QED) is 0.842. The second kappa shape index (κ2) is 6.89. The third-order valence-electron chi connectivity index (χ3n) is 4.30. The van der Waals surface area contributed by atoms with Crippen molar-refractivity contribution in [3.05, 3.63) is 35.4 Å². The molecule has 0 spiro atoms. The van der Waals surface area contributed by atoms with E-state index in [0.29, 0.717) is 18.6 Å². The summed E-state index contributed by atoms with van der Waals surface area (Å²) >= 11 is 0. The number of hydrogen-bond acceptors (Lipinski definition) is 2. The van der Waals surface area contributed by atoms with Crippen LogP contribution in [0, 0.1) is 5.92 Å². The van der Waals surface area contributed by atoms with E-state index >= 15 is 0 Å². The summed E-state index contributed by atoms with van der Waals surface area (Å²) in [5.41, 5.74) is 1.83. The van der Waals surface area contributed by atoms with Gasteiger partial charge in [0.1, 0.15) is 0 Å². The first-order valence-electron chi connectivity index (χ1n) is 7.54. The van der Waals surface area contributed by atoms with E-state index in [1.165, 1.54) is 6.42 Å². The summed E-state index contributed by atoms with van der Waals surface area (Å²) in [6.07, 6.45) is 3.51. The van der Waals surface area contributed by atoms with Gasteiger partial charge in [0.15, 0.2) is 0 Å². The Hall–Kier alpha value is -1.35. The molecule has 3 nitrogen and oxygen atoms in total. The molecule has 1 aromatic carbocycles. The molecule has 3 heteroatoms. The first-order chi connectivity index (χ1) is 9.65. The highest BCUT2D eigenvalue weighted by Gasteiger charge is 2.28. The van der Waals surface area contributed by atoms with Gasteiger partial charge >= 0.3 is 0 Å². The lowest BCUT2D eigenvalue weighted by Crippen LogP contribution is -2.45. The minimum atomic E-state index is 0.161. The van der Waals surface area contributed by atoms with E-state index in [1.807, 2.05) is 29.2 Å². The predicted octanol–water partition coefficient (Wildman–Crippen LogP) is 3.48. The zero-order chi connectivity index (χ0) is 14.5. The lowest BCUT2D eigenvalue weighted by atomic mass is 9.91. The van der Waals surface area contributed by atoms with Crippen LogP contribution in [-0.2, 0) is 11.3 Å². The van der Waals surface area contributed by atoms with Gasteiger partial charge in [-0.15, -0.1) is 0 Å². The van der Waals surface area contributed by atoms with Crippen LogP contribution in [0.15, 0.2) is 24.3 Å². The van der Waals surface area contributed by atoms with Crippen molar-refractivity contribution in [3.8, 4) is 0 Å². The minimum Gasteiger partial charge on any atom is -0.380 e. The number of rotatable bonds is 4. The molecule has 1 aliphatic heterocycles. The molecule has 1 aromatic rings. The number of benzene rings is 1. The number of ether oxygens (including phenoxy) is 1. The van der Waals surface area contributed by atoms with E-state index in [1.54, 1.807) is 7.11 Å². The number of nitrogens with zero attached hydrogens (tertiary/aromatic N) is 1. The number of amides is 1. The number of piperidine rings is 1. The number of carbonyl (C=O) groups excluding carboxylic acids is 1. The predicted molar refractivity (Wildman–Crippen MR) is 80.7 cm³/mol. The number of methoxy groups -OCH3 is 1. The van der Waals surface area contributed by atoms with E-state index in [4.69, 9.17) is 4.74 Å². The minimum absolute atomic E-state index is 0.161. The third kappa shape index (κ3) is 3.40. The van der Waals surface area contributed by atoms with Gasteiger partial charge in [0, 0.05) is 25.3 Å². The Morgan fingerprint density at radius 1 is 1.40 bits per heavy atom. The summed E-state index contributed by atoms with van der Waals surface area (Å²) in [4.78, 5) is 14.8. The zero-order valence-corrected chi connectivity index (χ0v) is 12.8. The maximum atomic E-state index is 12.7. The van der Waals surface area contributed by atoms with Crippen LogP contribution in [0.4, 0.5) is 0 Å². The SMILES string of the molecule is CC[C@H]1CC[C@@H](C)N(C(=O)c2cccc(COC)c2)C1. The Morgan fingerprint density at radius 3 is 2.90 bits per heavy atom. The molecule has 20 heavy (non-hydrogen) atoms. The number of hydrogen-bond donors (Lipinski definition) is 0. The Kier molecular flexibility index (Phi) is 5.18. The molecule has 1 heterocycles. The van der Waals surface area contributed by atoms with E-state index in [-0.39, 0.29) is 5.91 Å². The van der Waals surface area contributed by atoms with Crippen molar-refractivity contribution in [3.63, 3.8) is 0 Å². The van der Waals surface area contributed by atoms with E-state index in [2.05, 4.69) is 13.8 Å². The fourth-order valence-corrected chi connectivity index (χ4v) is 2.93. The molecular weight excluding hydrogens is 250 g/mol. The summed E-state index contributed by atoms with van der Waals surface area (Å²) < 4.78 is 5.14. The van der Waals surface area contributed by atoms with Crippen molar-refractivity contribution in [1.29, 1.82) is 0 Å². The van der Waals surface area contributed by atoms with Crippen molar-refractivity contribution >= 4 is 5.91 Å². The smallest absolute Gasteiger partial charge is 0.254 e. The van der Waals surface area contributed by atoms with Crippen LogP contribution in [-0.4, -0.2) is 30.5 Å². The molecule has 110 valence electrons. The van der Waals surface area contributed by atoms with Crippen LogP contribution in [0.1, 0.15) is 49.0 Å². The van der Waals surface area contributed by atoms with Crippen LogP contribution in [0.5, 0.6) is 0 Å². The average molecular weight is 275 g/mol. The Bertz CT molecular complexity index is 458. The van der Waals surface area contributed by atoms with Crippen molar-refractivity contribution in [2.75, 3.05) is 13.7 Å². The van der Waals surface area contributed by atoms with Gasteiger partial charge in [-0.2, -0.15) is 0 Å². The molecule has 0 radical (unpaired) electrons. The Labute approximate surface area is 121 Å². The van der Waals surface area contributed by atoms with Crippen molar-refractivity contribution < 1.29 is 9.53 Å². The molecule has 0 bridgehead atoms. The molecule has 0 aromatic heterocycles. The topological polar surface area (TPSA) is 29.5 Å². The van der Waals surface area contributed by atoms with Gasteiger partial charge in [0.05, 0.1) is 6.61 Å². The first kappa shape index (κ1) is 15.0. The highest BCUT2D eigenvalue weighted by atomic mass is 16.5. The van der Waals surface area contributed by atoms with Gasteiger partial charge in [0.2, 0.25) is 0 Å². The molecular formula is C17H25NO2. The first-order valence-corrected chi connectivity index (χ1v) is 7.54. The molecule has 0 aliphatic carbocycles. The lowest BCUT2D eigenvalue weighted by molar-refractivity contribution is 0.0556. The lowest BCUT2D eigenvalue weighted by Gasteiger charge is -2.38. The van der Waals surface area contributed by atoms with Gasteiger partial charge in [-0.1, -0.05) is 25.5 Å². The average Bonchev–Trinajstić information content (AvgIpc) is 2.48. The van der Waals surface area contributed by atoms with Crippen LogP contribution in [0.3, 0.4) is 0 Å². The van der Waals surface area contributed by atoms with E-state index in [0.717, 1.165) is 30.5 Å². The molecule has 2 atom stereocenters. The Balaban J connectivity index is 2.14. The fraction of sp³-hybridized carbons (Fsp3) is 0.588. The molecule has 1 saturated heterocycles. The van der Waals surface area contributed by atoms with Crippen molar-refractivity contribution in [2.45, 2.75) is 45.8 Å². The van der Waals surface area contributed by atoms with Gasteiger partial charge in [-0.05, 0) is 43.4 Å². The van der Waals surface area contributed by atoms with Crippen molar-refractivity contribution in [2.24, 2.45) is 5.92 Å². The monoisotopic (exact) mass is 275 g/mol. The van der Waals surface area contributed by atoms with E-state index in [9.17, 15) is 4.79 Å². The maximum Gasteiger partial charge on any atom is 0.254 e. The normalized spacial score (nSPS) is 22.9. The largest absolute Gasteiger partial charge is 0.380 e. The Morgan fingerprint density at radius 2 is 2.20 bits per heavy atom. The molecule has 1 aliphatic rings. The number of carbonyl (C=O) groups is 1. The highest BCUT2D eigenvalue weighted by molar-refractivity contribution is 5.94. The highest BCUT2D eigenvalue weighted by Crippen LogP contribution is 2.25. The van der Waals surface area contributed by atoms with Crippen LogP contribution in [0.2, 0.25) is 0 Å². The molecule has 1 fully saturated rings. The molecule has 0 unspecified atom stereocenters. The third-order valence-corrected chi connectivity index (χ3v) is 4.30. The van der Waals surface area contributed by atoms with Crippen LogP contribution in [0.25, 0.3) is 0 Å². The summed E-state index contributed by atoms with van der Waals surface area (Å²) in [6.45, 7) is 5.81. The van der Waals surface area contributed by atoms with Gasteiger partial charge in [-0.25, -0.2) is 0 Å². The molecule has 1 amide bonds. The van der Waals surface area contributed by atoms with Gasteiger partial charge in [0.25, 0.3) is 5.91 Å². The van der Waals surface area contributed by atoms with Crippen molar-refractivity contribution in [1.82, 2.24) is 4.90 Å². The summed E-state index contributed by atoms with van der Waals surface area (Å²) in [6, 6.07) is 8.14. The maximum absolute atomic E-state index is 12.7. The van der Waals surface area contributed by atoms with Gasteiger partial charge in [-0.3, -0.25) is 4.79 Å². The second-order valence-corrected chi connectivity index (χ2v) is 5.79. The molecule has 0 saturated carbocycles. The number of likely N-dealkylation sites (tertiary alicyclic amines) is 1.